The summed E-state index contributed by atoms with van der Waals surface area (Å²) in [5, 5.41) is 22.4. The standard InChI is InChI=1S/C41H55N5O4/c1-41(2,3)45-39(49)35-24-30-18-9-10-19-31(30)25-46(35)26-36(47)34(23-27-13-5-4-6-14-27)43-40(50)37(29-16-7-8-17-29)44-38(48)33-22-21-28-15-11-12-20-32(28)42-33/h4-6,11-15,20-22,29-31,34-37,47H,7-10,16-19,23-26H2,1-3H3,(H,43,50)(H,44,48)(H,45,49)/t30-,31+,34-,35-,36+,37-/m0/s1. The van der Waals surface area contributed by atoms with Gasteiger partial charge in [-0.3, -0.25) is 19.3 Å². The van der Waals surface area contributed by atoms with Crippen molar-refractivity contribution in [1.82, 2.24) is 25.8 Å². The first kappa shape index (κ1) is 36.0. The molecular formula is C41H55N5O4. The van der Waals surface area contributed by atoms with Gasteiger partial charge in [-0.25, -0.2) is 4.98 Å². The van der Waals surface area contributed by atoms with Crippen LogP contribution in [-0.4, -0.2) is 75.6 Å². The second kappa shape index (κ2) is 16.0. The summed E-state index contributed by atoms with van der Waals surface area (Å²) < 4.78 is 0. The molecule has 50 heavy (non-hydrogen) atoms. The minimum absolute atomic E-state index is 0.00341. The molecule has 9 nitrogen and oxygen atoms in total. The maximum atomic E-state index is 14.3. The average Bonchev–Trinajstić information content (AvgIpc) is 3.64. The molecule has 1 aliphatic heterocycles. The van der Waals surface area contributed by atoms with Gasteiger partial charge < -0.3 is 21.1 Å². The average molecular weight is 682 g/mol. The van der Waals surface area contributed by atoms with Crippen LogP contribution in [0.2, 0.25) is 0 Å². The smallest absolute Gasteiger partial charge is 0.270 e. The number of carbonyl (C=O) groups excluding carboxylic acids is 3. The lowest BCUT2D eigenvalue weighted by Gasteiger charge is -2.47. The third kappa shape index (κ3) is 9.09. The molecule has 6 atom stereocenters. The number of fused-ring (bicyclic) bond motifs is 2. The van der Waals surface area contributed by atoms with Crippen LogP contribution in [0.3, 0.4) is 0 Å². The number of β-amino-alcohol motifs (C(OH)–C–C–N with tert-alkyl or cyclic N) is 1. The van der Waals surface area contributed by atoms with Crippen LogP contribution >= 0.6 is 0 Å². The Bertz CT molecular complexity index is 1620. The first-order valence-electron chi connectivity index (χ1n) is 18.8. The number of pyridine rings is 1. The van der Waals surface area contributed by atoms with Crippen molar-refractivity contribution in [3.05, 3.63) is 78.0 Å². The van der Waals surface area contributed by atoms with Crippen molar-refractivity contribution < 1.29 is 19.5 Å². The van der Waals surface area contributed by atoms with Gasteiger partial charge in [-0.05, 0) is 88.3 Å². The molecular weight excluding hydrogens is 626 g/mol. The molecule has 2 aromatic carbocycles. The number of rotatable bonds is 11. The van der Waals surface area contributed by atoms with Gasteiger partial charge in [0.25, 0.3) is 5.91 Å². The number of hydrogen-bond acceptors (Lipinski definition) is 6. The maximum absolute atomic E-state index is 14.3. The van der Waals surface area contributed by atoms with Crippen LogP contribution in [0.15, 0.2) is 66.7 Å². The Kier molecular flexibility index (Phi) is 11.5. The fourth-order valence-corrected chi connectivity index (χ4v) is 8.51. The zero-order valence-electron chi connectivity index (χ0n) is 29.9. The lowest BCUT2D eigenvalue weighted by atomic mass is 9.72. The van der Waals surface area contributed by atoms with Crippen LogP contribution in [0.4, 0.5) is 0 Å². The van der Waals surface area contributed by atoms with Crippen molar-refractivity contribution in [1.29, 1.82) is 0 Å². The molecule has 0 unspecified atom stereocenters. The summed E-state index contributed by atoms with van der Waals surface area (Å²) in [6.45, 7) is 7.02. The van der Waals surface area contributed by atoms with E-state index in [0.717, 1.165) is 68.0 Å². The van der Waals surface area contributed by atoms with Crippen LogP contribution in [0.5, 0.6) is 0 Å². The topological polar surface area (TPSA) is 124 Å². The highest BCUT2D eigenvalue weighted by atomic mass is 16.3. The van der Waals surface area contributed by atoms with Gasteiger partial charge in [0.05, 0.1) is 23.7 Å². The predicted octanol–water partition coefficient (Wildman–Crippen LogP) is 5.41. The molecule has 3 aliphatic rings. The summed E-state index contributed by atoms with van der Waals surface area (Å²) in [4.78, 5) is 48.3. The number of aliphatic hydroxyl groups excluding tert-OH is 1. The summed E-state index contributed by atoms with van der Waals surface area (Å²) in [5.74, 6) is 0.335. The highest BCUT2D eigenvalue weighted by Gasteiger charge is 2.42. The van der Waals surface area contributed by atoms with Crippen molar-refractivity contribution in [2.45, 2.75) is 115 Å². The first-order chi connectivity index (χ1) is 24.0. The van der Waals surface area contributed by atoms with Gasteiger partial charge in [-0.1, -0.05) is 86.7 Å². The van der Waals surface area contributed by atoms with Gasteiger partial charge in [0.2, 0.25) is 11.8 Å². The SMILES string of the molecule is CC(C)(C)NC(=O)[C@@H]1C[C@@H]2CCCC[C@@H]2CN1C[C@@H](O)[C@H](Cc1ccccc1)NC(=O)[C@@H](NC(=O)c1ccc2ccccc2n1)C1CCCC1. The first-order valence-corrected chi connectivity index (χ1v) is 18.8. The second-order valence-corrected chi connectivity index (χ2v) is 16.0. The maximum Gasteiger partial charge on any atom is 0.270 e. The van der Waals surface area contributed by atoms with Gasteiger partial charge in [0.15, 0.2) is 0 Å². The number of nitrogens with one attached hydrogen (secondary N) is 3. The van der Waals surface area contributed by atoms with E-state index in [9.17, 15) is 19.5 Å². The molecule has 1 aromatic heterocycles. The fourth-order valence-electron chi connectivity index (χ4n) is 8.51. The van der Waals surface area contributed by atoms with Gasteiger partial charge in [0.1, 0.15) is 11.7 Å². The monoisotopic (exact) mass is 681 g/mol. The zero-order valence-corrected chi connectivity index (χ0v) is 29.9. The zero-order chi connectivity index (χ0) is 35.3. The van der Waals surface area contributed by atoms with Crippen molar-refractivity contribution in [2.75, 3.05) is 13.1 Å². The minimum Gasteiger partial charge on any atom is -0.390 e. The van der Waals surface area contributed by atoms with Gasteiger partial charge in [-0.2, -0.15) is 0 Å². The van der Waals surface area contributed by atoms with Crippen LogP contribution in [0, 0.1) is 17.8 Å². The second-order valence-electron chi connectivity index (χ2n) is 16.0. The van der Waals surface area contributed by atoms with E-state index in [-0.39, 0.29) is 47.5 Å². The van der Waals surface area contributed by atoms with E-state index in [2.05, 4.69) is 25.8 Å². The van der Waals surface area contributed by atoms with Crippen molar-refractivity contribution in [3.63, 3.8) is 0 Å². The van der Waals surface area contributed by atoms with E-state index in [1.165, 1.54) is 12.8 Å². The molecule has 0 spiro atoms. The highest BCUT2D eigenvalue weighted by Crippen LogP contribution is 2.39. The predicted molar refractivity (Wildman–Crippen MR) is 196 cm³/mol. The third-order valence-electron chi connectivity index (χ3n) is 11.1. The quantitative estimate of drug-likeness (QED) is 0.215. The number of piperidine rings is 1. The summed E-state index contributed by atoms with van der Waals surface area (Å²) in [6, 6.07) is 19.4. The molecule has 3 fully saturated rings. The van der Waals surface area contributed by atoms with E-state index in [1.807, 2.05) is 81.4 Å². The summed E-state index contributed by atoms with van der Waals surface area (Å²) in [6.07, 6.45) is 8.66. The number of carbonyl (C=O) groups is 3. The number of likely N-dealkylation sites (tertiary alicyclic amines) is 1. The molecule has 2 saturated carbocycles. The van der Waals surface area contributed by atoms with Crippen LogP contribution in [-0.2, 0) is 16.0 Å². The molecule has 0 radical (unpaired) electrons. The van der Waals surface area contributed by atoms with Crippen molar-refractivity contribution in [3.8, 4) is 0 Å². The number of aromatic nitrogens is 1. The van der Waals surface area contributed by atoms with E-state index >= 15 is 0 Å². The van der Waals surface area contributed by atoms with Crippen molar-refractivity contribution in [2.24, 2.45) is 17.8 Å². The highest BCUT2D eigenvalue weighted by molar-refractivity contribution is 5.98. The van der Waals surface area contributed by atoms with E-state index in [1.54, 1.807) is 6.07 Å². The number of hydrogen-bond donors (Lipinski definition) is 4. The van der Waals surface area contributed by atoms with E-state index < -0.39 is 18.2 Å². The Balaban J connectivity index is 1.22. The molecule has 0 bridgehead atoms. The molecule has 1 saturated heterocycles. The summed E-state index contributed by atoms with van der Waals surface area (Å²) >= 11 is 0. The van der Waals surface area contributed by atoms with Crippen LogP contribution in [0.1, 0.15) is 94.6 Å². The molecule has 3 amide bonds. The number of aliphatic hydroxyl groups is 1. The Morgan fingerprint density at radius 2 is 1.54 bits per heavy atom. The number of nitrogens with zero attached hydrogens (tertiary/aromatic N) is 2. The Labute approximate surface area is 297 Å². The molecule has 3 aromatic rings. The Morgan fingerprint density at radius 1 is 0.860 bits per heavy atom. The molecule has 268 valence electrons. The number of para-hydroxylation sites is 1. The largest absolute Gasteiger partial charge is 0.390 e. The molecule has 4 N–H and O–H groups in total. The van der Waals surface area contributed by atoms with E-state index in [4.69, 9.17) is 0 Å². The lowest BCUT2D eigenvalue weighted by Crippen LogP contribution is -2.61. The third-order valence-corrected chi connectivity index (χ3v) is 11.1. The van der Waals surface area contributed by atoms with E-state index in [0.29, 0.717) is 18.3 Å². The molecule has 9 heteroatoms. The van der Waals surface area contributed by atoms with Crippen molar-refractivity contribution >= 4 is 28.6 Å². The molecule has 6 rings (SSSR count). The van der Waals surface area contributed by atoms with Crippen LogP contribution in [0.25, 0.3) is 10.9 Å². The van der Waals surface area contributed by atoms with Gasteiger partial charge in [0, 0.05) is 24.0 Å². The summed E-state index contributed by atoms with van der Waals surface area (Å²) in [5.41, 5.74) is 1.62. The minimum atomic E-state index is -0.939. The number of benzene rings is 2. The molecule has 2 aliphatic carbocycles. The van der Waals surface area contributed by atoms with Gasteiger partial charge >= 0.3 is 0 Å². The fraction of sp³-hybridized carbons (Fsp3) is 0.561. The lowest BCUT2D eigenvalue weighted by molar-refractivity contribution is -0.133. The molecule has 2 heterocycles. The summed E-state index contributed by atoms with van der Waals surface area (Å²) in [7, 11) is 0. The normalized spacial score (nSPS) is 23.4. The van der Waals surface area contributed by atoms with Gasteiger partial charge in [-0.15, -0.1) is 0 Å². The van der Waals surface area contributed by atoms with Crippen LogP contribution < -0.4 is 16.0 Å². The Hall–Kier alpha value is -3.82. The Morgan fingerprint density at radius 3 is 2.28 bits per heavy atom. The number of amides is 3.